The van der Waals surface area contributed by atoms with Crippen LogP contribution in [-0.2, 0) is 0 Å². The highest BCUT2D eigenvalue weighted by Crippen LogP contribution is 2.21. The van der Waals surface area contributed by atoms with Crippen molar-refractivity contribution in [1.29, 1.82) is 0 Å². The molecule has 0 N–H and O–H groups in total. The van der Waals surface area contributed by atoms with Crippen molar-refractivity contribution in [3.05, 3.63) is 34.3 Å². The van der Waals surface area contributed by atoms with E-state index in [2.05, 4.69) is 9.97 Å². The van der Waals surface area contributed by atoms with E-state index in [1.54, 1.807) is 6.07 Å². The van der Waals surface area contributed by atoms with Crippen molar-refractivity contribution in [2.45, 2.75) is 6.92 Å². The van der Waals surface area contributed by atoms with Crippen molar-refractivity contribution in [2.75, 3.05) is 0 Å². The Bertz CT molecular complexity index is 447. The van der Waals surface area contributed by atoms with Gasteiger partial charge in [0.1, 0.15) is 16.1 Å². The second-order valence-electron chi connectivity index (χ2n) is 2.75. The first kappa shape index (κ1) is 9.49. The SMILES string of the molecule is Cc1ccc(-c2nc(Cl)cc(Cl)n2)o1. The topological polar surface area (TPSA) is 38.9 Å². The van der Waals surface area contributed by atoms with Crippen LogP contribution in [0.2, 0.25) is 10.3 Å². The summed E-state index contributed by atoms with van der Waals surface area (Å²) < 4.78 is 5.34. The Labute approximate surface area is 90.7 Å². The minimum Gasteiger partial charge on any atom is -0.458 e. The maximum atomic E-state index is 5.73. The molecule has 0 atom stereocenters. The monoisotopic (exact) mass is 228 g/mol. The molecule has 0 aliphatic rings. The average Bonchev–Trinajstić information content (AvgIpc) is 2.50. The first-order chi connectivity index (χ1) is 6.65. The highest BCUT2D eigenvalue weighted by Gasteiger charge is 2.07. The molecule has 2 heterocycles. The maximum absolute atomic E-state index is 5.73. The molecule has 0 aliphatic carbocycles. The van der Waals surface area contributed by atoms with Gasteiger partial charge in [0.05, 0.1) is 0 Å². The quantitative estimate of drug-likeness (QED) is 0.703. The third-order valence-electron chi connectivity index (χ3n) is 1.62. The first-order valence-corrected chi connectivity index (χ1v) is 4.67. The van der Waals surface area contributed by atoms with E-state index in [0.29, 0.717) is 21.9 Å². The zero-order valence-electron chi connectivity index (χ0n) is 7.29. The van der Waals surface area contributed by atoms with Crippen molar-refractivity contribution in [1.82, 2.24) is 9.97 Å². The molecule has 0 amide bonds. The molecule has 3 nitrogen and oxygen atoms in total. The van der Waals surface area contributed by atoms with Gasteiger partial charge in [0, 0.05) is 6.07 Å². The molecule has 72 valence electrons. The summed E-state index contributed by atoms with van der Waals surface area (Å²) in [5.74, 6) is 1.75. The summed E-state index contributed by atoms with van der Waals surface area (Å²) >= 11 is 11.5. The lowest BCUT2D eigenvalue weighted by molar-refractivity contribution is 0.544. The highest BCUT2D eigenvalue weighted by molar-refractivity contribution is 6.33. The molecule has 0 aromatic carbocycles. The van der Waals surface area contributed by atoms with E-state index in [1.165, 1.54) is 6.07 Å². The van der Waals surface area contributed by atoms with Crippen molar-refractivity contribution in [3.8, 4) is 11.6 Å². The van der Waals surface area contributed by atoms with Crippen LogP contribution in [0.4, 0.5) is 0 Å². The molecule has 14 heavy (non-hydrogen) atoms. The van der Waals surface area contributed by atoms with Gasteiger partial charge in [0.15, 0.2) is 11.6 Å². The van der Waals surface area contributed by atoms with E-state index in [9.17, 15) is 0 Å². The Morgan fingerprint density at radius 3 is 2.29 bits per heavy atom. The summed E-state index contributed by atoms with van der Waals surface area (Å²) in [6.45, 7) is 1.84. The van der Waals surface area contributed by atoms with E-state index in [1.807, 2.05) is 13.0 Å². The fourth-order valence-electron chi connectivity index (χ4n) is 1.06. The number of halogens is 2. The molecule has 0 spiro atoms. The zero-order valence-corrected chi connectivity index (χ0v) is 8.80. The molecule has 5 heteroatoms. The fourth-order valence-corrected chi connectivity index (χ4v) is 1.48. The second-order valence-corrected chi connectivity index (χ2v) is 3.52. The number of nitrogens with zero attached hydrogens (tertiary/aromatic N) is 2. The van der Waals surface area contributed by atoms with Crippen LogP contribution in [-0.4, -0.2) is 9.97 Å². The van der Waals surface area contributed by atoms with Crippen LogP contribution in [0.15, 0.2) is 22.6 Å². The number of hydrogen-bond donors (Lipinski definition) is 0. The van der Waals surface area contributed by atoms with Crippen molar-refractivity contribution < 1.29 is 4.42 Å². The van der Waals surface area contributed by atoms with Crippen LogP contribution in [0.1, 0.15) is 5.76 Å². The summed E-state index contributed by atoms with van der Waals surface area (Å²) in [5, 5.41) is 0.600. The molecule has 0 bridgehead atoms. The lowest BCUT2D eigenvalue weighted by Crippen LogP contribution is -1.88. The third-order valence-corrected chi connectivity index (χ3v) is 2.01. The number of aromatic nitrogens is 2. The summed E-state index contributed by atoms with van der Waals surface area (Å²) in [6, 6.07) is 5.08. The molecular formula is C9H6Cl2N2O. The van der Waals surface area contributed by atoms with Crippen molar-refractivity contribution in [3.63, 3.8) is 0 Å². The molecule has 2 aromatic rings. The molecular weight excluding hydrogens is 223 g/mol. The Balaban J connectivity index is 2.51. The second kappa shape index (κ2) is 3.59. The lowest BCUT2D eigenvalue weighted by atomic mass is 10.4. The van der Waals surface area contributed by atoms with Crippen LogP contribution in [0.25, 0.3) is 11.6 Å². The normalized spacial score (nSPS) is 10.5. The fraction of sp³-hybridized carbons (Fsp3) is 0.111. The van der Waals surface area contributed by atoms with Gasteiger partial charge in [-0.25, -0.2) is 9.97 Å². The summed E-state index contributed by atoms with van der Waals surface area (Å²) in [4.78, 5) is 7.99. The first-order valence-electron chi connectivity index (χ1n) is 3.92. The smallest absolute Gasteiger partial charge is 0.198 e. The van der Waals surface area contributed by atoms with Gasteiger partial charge in [0.2, 0.25) is 0 Å². The van der Waals surface area contributed by atoms with Gasteiger partial charge in [-0.2, -0.15) is 0 Å². The largest absolute Gasteiger partial charge is 0.458 e. The molecule has 0 radical (unpaired) electrons. The summed E-state index contributed by atoms with van der Waals surface area (Å²) in [6.07, 6.45) is 0. The van der Waals surface area contributed by atoms with Crippen LogP contribution >= 0.6 is 23.2 Å². The minimum absolute atomic E-state index is 0.300. The highest BCUT2D eigenvalue weighted by atomic mass is 35.5. The van der Waals surface area contributed by atoms with Gasteiger partial charge in [-0.3, -0.25) is 0 Å². The Morgan fingerprint density at radius 2 is 1.79 bits per heavy atom. The van der Waals surface area contributed by atoms with E-state index >= 15 is 0 Å². The molecule has 0 saturated carbocycles. The number of rotatable bonds is 1. The summed E-state index contributed by atoms with van der Waals surface area (Å²) in [5.41, 5.74) is 0. The van der Waals surface area contributed by atoms with Gasteiger partial charge in [-0.15, -0.1) is 0 Å². The van der Waals surface area contributed by atoms with Gasteiger partial charge in [-0.05, 0) is 19.1 Å². The summed E-state index contributed by atoms with van der Waals surface area (Å²) in [7, 11) is 0. The van der Waals surface area contributed by atoms with Gasteiger partial charge in [-0.1, -0.05) is 23.2 Å². The number of aryl methyl sites for hydroxylation is 1. The molecule has 2 rings (SSSR count). The number of furan rings is 1. The maximum Gasteiger partial charge on any atom is 0.198 e. The molecule has 0 saturated heterocycles. The van der Waals surface area contributed by atoms with Gasteiger partial charge in [0.25, 0.3) is 0 Å². The van der Waals surface area contributed by atoms with Gasteiger partial charge >= 0.3 is 0 Å². The lowest BCUT2D eigenvalue weighted by Gasteiger charge is -1.96. The predicted molar refractivity (Wildman–Crippen MR) is 54.5 cm³/mol. The Hall–Kier alpha value is -1.06. The van der Waals surface area contributed by atoms with E-state index in [4.69, 9.17) is 27.6 Å². The van der Waals surface area contributed by atoms with Crippen molar-refractivity contribution in [2.24, 2.45) is 0 Å². The van der Waals surface area contributed by atoms with Crippen molar-refractivity contribution >= 4 is 23.2 Å². The molecule has 2 aromatic heterocycles. The number of hydrogen-bond acceptors (Lipinski definition) is 3. The Kier molecular flexibility index (Phi) is 2.44. The van der Waals surface area contributed by atoms with Crippen LogP contribution in [0.3, 0.4) is 0 Å². The zero-order chi connectivity index (χ0) is 10.1. The van der Waals surface area contributed by atoms with E-state index < -0.39 is 0 Å². The minimum atomic E-state index is 0.300. The third kappa shape index (κ3) is 1.89. The molecule has 0 aliphatic heterocycles. The van der Waals surface area contributed by atoms with E-state index in [0.717, 1.165) is 5.76 Å². The van der Waals surface area contributed by atoms with Crippen LogP contribution in [0.5, 0.6) is 0 Å². The standard InChI is InChI=1S/C9H6Cl2N2O/c1-5-2-3-6(14-5)9-12-7(10)4-8(11)13-9/h2-4H,1H3. The molecule has 0 unspecified atom stereocenters. The predicted octanol–water partition coefficient (Wildman–Crippen LogP) is 3.35. The van der Waals surface area contributed by atoms with E-state index in [-0.39, 0.29) is 0 Å². The van der Waals surface area contributed by atoms with Crippen LogP contribution < -0.4 is 0 Å². The van der Waals surface area contributed by atoms with Gasteiger partial charge < -0.3 is 4.42 Å². The average molecular weight is 229 g/mol. The Morgan fingerprint density at radius 1 is 1.14 bits per heavy atom. The van der Waals surface area contributed by atoms with Crippen LogP contribution in [0, 0.1) is 6.92 Å². The molecule has 0 fully saturated rings.